The zero-order valence-electron chi connectivity index (χ0n) is 33.0. The smallest absolute Gasteiger partial charge is 0.153 e. The summed E-state index contributed by atoms with van der Waals surface area (Å²) in [6, 6.07) is 70.2. The van der Waals surface area contributed by atoms with Crippen molar-refractivity contribution >= 4 is 87.4 Å². The molecule has 0 saturated heterocycles. The summed E-state index contributed by atoms with van der Waals surface area (Å²) in [5, 5.41) is 29.5. The van der Waals surface area contributed by atoms with Gasteiger partial charge in [0, 0.05) is 54.5 Å². The molecule has 286 valence electrons. The van der Waals surface area contributed by atoms with Crippen LogP contribution in [0.25, 0.3) is 116 Å². The minimum Gasteiger partial charge on any atom is -0.454 e. The highest BCUT2D eigenvalue weighted by molar-refractivity contribution is 6.27. The molecule has 13 rings (SSSR count). The van der Waals surface area contributed by atoms with Gasteiger partial charge in [-0.3, -0.25) is 0 Å². The number of fused-ring (bicyclic) bond motifs is 14. The van der Waals surface area contributed by atoms with E-state index in [9.17, 15) is 10.5 Å². The molecule has 4 aromatic heterocycles. The van der Waals surface area contributed by atoms with Gasteiger partial charge >= 0.3 is 0 Å². The highest BCUT2D eigenvalue weighted by Crippen LogP contribution is 2.46. The van der Waals surface area contributed by atoms with Gasteiger partial charge in [0.05, 0.1) is 61.0 Å². The Balaban J connectivity index is 1.13. The maximum Gasteiger partial charge on any atom is 0.153 e. The van der Waals surface area contributed by atoms with E-state index >= 15 is 0 Å². The Bertz CT molecular complexity index is 4130. The van der Waals surface area contributed by atoms with E-state index in [-0.39, 0.29) is 0 Å². The first-order chi connectivity index (χ1) is 30.7. The van der Waals surface area contributed by atoms with Crippen LogP contribution in [0, 0.1) is 22.7 Å². The average molecular weight is 790 g/mol. The summed E-state index contributed by atoms with van der Waals surface area (Å²) in [5.41, 5.74) is 13.5. The number of hydrogen-bond acceptors (Lipinski definition) is 3. The summed E-state index contributed by atoms with van der Waals surface area (Å²) in [5.74, 6) is 0. The molecule has 0 aliphatic rings. The second-order valence-electron chi connectivity index (χ2n) is 15.8. The molecule has 0 unspecified atom stereocenters. The van der Waals surface area contributed by atoms with Crippen LogP contribution in [0.1, 0.15) is 11.1 Å². The van der Waals surface area contributed by atoms with Crippen molar-refractivity contribution in [2.75, 3.05) is 0 Å². The van der Waals surface area contributed by atoms with Gasteiger partial charge in [0.25, 0.3) is 0 Å². The van der Waals surface area contributed by atoms with Crippen LogP contribution >= 0.6 is 0 Å². The topological polar surface area (TPSA) is 75.5 Å². The van der Waals surface area contributed by atoms with Gasteiger partial charge in [-0.05, 0) is 66.7 Å². The number of furan rings is 1. The van der Waals surface area contributed by atoms with Crippen molar-refractivity contribution in [3.8, 4) is 40.3 Å². The van der Waals surface area contributed by atoms with Crippen LogP contribution in [-0.4, -0.2) is 13.7 Å². The lowest BCUT2D eigenvalue weighted by molar-refractivity contribution is 0.671. The van der Waals surface area contributed by atoms with Crippen molar-refractivity contribution in [3.63, 3.8) is 0 Å². The highest BCUT2D eigenvalue weighted by Gasteiger charge is 2.26. The van der Waals surface area contributed by atoms with E-state index in [1.54, 1.807) is 6.07 Å². The maximum atomic E-state index is 11.0. The Labute approximate surface area is 354 Å². The number of hydrogen-bond donors (Lipinski definition) is 0. The molecule has 0 fully saturated rings. The third-order valence-corrected chi connectivity index (χ3v) is 12.7. The summed E-state index contributed by atoms with van der Waals surface area (Å²) >= 11 is 0. The minimum atomic E-state index is 0.497. The zero-order chi connectivity index (χ0) is 41.1. The molecular formula is C56H31N5O. The van der Waals surface area contributed by atoms with Gasteiger partial charge < -0.3 is 18.1 Å². The van der Waals surface area contributed by atoms with Crippen molar-refractivity contribution in [2.45, 2.75) is 0 Å². The molecule has 0 saturated carbocycles. The van der Waals surface area contributed by atoms with E-state index in [1.165, 1.54) is 21.7 Å². The lowest BCUT2D eigenvalue weighted by Gasteiger charge is -2.19. The SMILES string of the molecule is N#Cc1cccc(-c2ccccc2-n2c3ccccc3c3c2ccc2c4ccccc4n(-c4ccccc4)c23)c1-n1c2ccccc2c2c3oc4c(C#N)cccc4c3ccc21. The molecule has 0 radical (unpaired) electrons. The van der Waals surface area contributed by atoms with Crippen LogP contribution in [-0.2, 0) is 0 Å². The fourth-order valence-corrected chi connectivity index (χ4v) is 10.2. The van der Waals surface area contributed by atoms with Gasteiger partial charge in [-0.2, -0.15) is 10.5 Å². The Morgan fingerprint density at radius 3 is 1.68 bits per heavy atom. The van der Waals surface area contributed by atoms with Crippen molar-refractivity contribution in [1.29, 1.82) is 10.5 Å². The molecule has 6 nitrogen and oxygen atoms in total. The molecule has 4 heterocycles. The van der Waals surface area contributed by atoms with Crippen LogP contribution in [0.3, 0.4) is 0 Å². The van der Waals surface area contributed by atoms with Crippen molar-refractivity contribution in [3.05, 3.63) is 199 Å². The predicted molar refractivity (Wildman–Crippen MR) is 252 cm³/mol. The van der Waals surface area contributed by atoms with Gasteiger partial charge in [-0.15, -0.1) is 0 Å². The molecule has 13 aromatic rings. The van der Waals surface area contributed by atoms with Crippen molar-refractivity contribution in [1.82, 2.24) is 13.7 Å². The lowest BCUT2D eigenvalue weighted by Crippen LogP contribution is -2.03. The van der Waals surface area contributed by atoms with E-state index in [0.717, 1.165) is 88.3 Å². The third kappa shape index (κ3) is 4.50. The summed E-state index contributed by atoms with van der Waals surface area (Å²) in [7, 11) is 0. The number of benzene rings is 9. The van der Waals surface area contributed by atoms with Crippen LogP contribution in [0.5, 0.6) is 0 Å². The van der Waals surface area contributed by atoms with Crippen LogP contribution < -0.4 is 0 Å². The first kappa shape index (κ1) is 34.1. The Morgan fingerprint density at radius 1 is 0.355 bits per heavy atom. The zero-order valence-corrected chi connectivity index (χ0v) is 33.0. The van der Waals surface area contributed by atoms with Crippen LogP contribution in [0.15, 0.2) is 192 Å². The first-order valence-electron chi connectivity index (χ1n) is 20.6. The number of aromatic nitrogens is 3. The highest BCUT2D eigenvalue weighted by atomic mass is 16.3. The molecular weight excluding hydrogens is 759 g/mol. The average Bonchev–Trinajstić information content (AvgIpc) is 4.08. The molecule has 62 heavy (non-hydrogen) atoms. The Kier molecular flexibility index (Phi) is 7.05. The molecule has 0 N–H and O–H groups in total. The second kappa shape index (κ2) is 12.8. The number of nitrogens with zero attached hydrogens (tertiary/aromatic N) is 5. The molecule has 6 heteroatoms. The second-order valence-corrected chi connectivity index (χ2v) is 15.8. The Hall–Kier alpha value is -8.84. The standard InChI is InChI=1S/C56H31N5O/c57-32-34-14-12-22-39(53(34)61-48-27-11-7-21-44(48)52-50(61)31-29-42-41-23-13-15-35(33-58)55(41)62-56(42)52)37-18-5-9-25-46(37)60-47-26-10-6-20-43(47)51-49(60)30-28-40-38-19-4-8-24-45(38)59(54(40)51)36-16-2-1-3-17-36/h1-31H. The van der Waals surface area contributed by atoms with E-state index in [1.807, 2.05) is 36.4 Å². The van der Waals surface area contributed by atoms with Gasteiger partial charge in [0.1, 0.15) is 17.7 Å². The van der Waals surface area contributed by atoms with Crippen LogP contribution in [0.2, 0.25) is 0 Å². The summed E-state index contributed by atoms with van der Waals surface area (Å²) in [4.78, 5) is 0. The molecule has 0 bridgehead atoms. The fourth-order valence-electron chi connectivity index (χ4n) is 10.2. The number of rotatable bonds is 4. The molecule has 9 aromatic carbocycles. The fraction of sp³-hybridized carbons (Fsp3) is 0. The molecule has 0 aliphatic carbocycles. The summed E-state index contributed by atoms with van der Waals surface area (Å²) in [6.07, 6.45) is 0. The normalized spacial score (nSPS) is 11.8. The van der Waals surface area contributed by atoms with E-state index in [0.29, 0.717) is 16.7 Å². The van der Waals surface area contributed by atoms with E-state index in [4.69, 9.17) is 4.42 Å². The molecule has 0 aliphatic heterocycles. The number of para-hydroxylation sites is 7. The van der Waals surface area contributed by atoms with Gasteiger partial charge in [0.2, 0.25) is 0 Å². The van der Waals surface area contributed by atoms with Crippen molar-refractivity contribution in [2.24, 2.45) is 0 Å². The number of nitriles is 2. The van der Waals surface area contributed by atoms with E-state index < -0.39 is 0 Å². The van der Waals surface area contributed by atoms with Gasteiger partial charge in [-0.25, -0.2) is 0 Å². The quantitative estimate of drug-likeness (QED) is 0.178. The summed E-state index contributed by atoms with van der Waals surface area (Å²) < 4.78 is 13.7. The maximum absolute atomic E-state index is 11.0. The van der Waals surface area contributed by atoms with Gasteiger partial charge in [-0.1, -0.05) is 121 Å². The largest absolute Gasteiger partial charge is 0.454 e. The first-order valence-corrected chi connectivity index (χ1v) is 20.6. The van der Waals surface area contributed by atoms with Crippen molar-refractivity contribution < 1.29 is 4.42 Å². The third-order valence-electron chi connectivity index (χ3n) is 12.7. The monoisotopic (exact) mass is 789 g/mol. The van der Waals surface area contributed by atoms with E-state index in [2.05, 4.69) is 171 Å². The molecule has 0 amide bonds. The minimum absolute atomic E-state index is 0.497. The van der Waals surface area contributed by atoms with Crippen LogP contribution in [0.4, 0.5) is 0 Å². The molecule has 0 spiro atoms. The van der Waals surface area contributed by atoms with Gasteiger partial charge in [0.15, 0.2) is 5.58 Å². The Morgan fingerprint density at radius 2 is 0.903 bits per heavy atom. The predicted octanol–water partition coefficient (Wildman–Crippen LogP) is 14.3. The molecule has 0 atom stereocenters. The lowest BCUT2D eigenvalue weighted by atomic mass is 9.98. The summed E-state index contributed by atoms with van der Waals surface area (Å²) in [6.45, 7) is 0.